The second kappa shape index (κ2) is 7.13. The fraction of sp³-hybridized carbons (Fsp3) is 0.500. The molecule has 2 heterocycles. The predicted molar refractivity (Wildman–Crippen MR) is 89.2 cm³/mol. The van der Waals surface area contributed by atoms with Crippen LogP contribution in [0.15, 0.2) is 28.7 Å². The van der Waals surface area contributed by atoms with Crippen molar-refractivity contribution in [2.24, 2.45) is 5.92 Å². The third kappa shape index (κ3) is 3.48. The number of hydrogen-bond acceptors (Lipinski definition) is 6. The van der Waals surface area contributed by atoms with Gasteiger partial charge in [-0.15, -0.1) is 10.2 Å². The molecule has 6 heteroatoms. The molecule has 0 amide bonds. The Kier molecular flexibility index (Phi) is 4.94. The summed E-state index contributed by atoms with van der Waals surface area (Å²) in [5.41, 5.74) is 2.12. The van der Waals surface area contributed by atoms with Crippen molar-refractivity contribution < 1.29 is 13.9 Å². The maximum Gasteiger partial charge on any atom is 0.308 e. The Morgan fingerprint density at radius 1 is 1.25 bits per heavy atom. The number of aryl methyl sites for hydroxylation is 1. The minimum atomic E-state index is -0.109. The Balaban J connectivity index is 1.65. The topological polar surface area (TPSA) is 68.5 Å². The monoisotopic (exact) mass is 329 g/mol. The summed E-state index contributed by atoms with van der Waals surface area (Å²) in [6.07, 6.45) is 1.60. The number of methoxy groups -OCH3 is 1. The highest BCUT2D eigenvalue weighted by molar-refractivity contribution is 5.72. The maximum atomic E-state index is 11.6. The third-order valence-electron chi connectivity index (χ3n) is 4.71. The van der Waals surface area contributed by atoms with Gasteiger partial charge in [0.1, 0.15) is 0 Å². The number of aromatic nitrogens is 2. The molecule has 1 aliphatic rings. The van der Waals surface area contributed by atoms with E-state index in [1.807, 2.05) is 31.2 Å². The van der Waals surface area contributed by atoms with Gasteiger partial charge >= 0.3 is 5.97 Å². The first kappa shape index (κ1) is 16.6. The standard InChI is InChI=1S/C18H23N3O3/c1-12-4-6-14(7-5-12)17-20-19-16(24-17)13(2)21-10-8-15(9-11-21)18(22)23-3/h4-7,13,15H,8-11H2,1-3H3. The van der Waals surface area contributed by atoms with Gasteiger partial charge in [0.25, 0.3) is 0 Å². The van der Waals surface area contributed by atoms with E-state index in [1.165, 1.54) is 12.7 Å². The molecule has 2 aromatic rings. The normalized spacial score (nSPS) is 17.6. The van der Waals surface area contributed by atoms with Gasteiger partial charge in [0.05, 0.1) is 19.1 Å². The second-order valence-electron chi connectivity index (χ2n) is 6.32. The first-order chi connectivity index (χ1) is 11.6. The molecule has 1 aromatic carbocycles. The lowest BCUT2D eigenvalue weighted by Gasteiger charge is -2.33. The summed E-state index contributed by atoms with van der Waals surface area (Å²) in [4.78, 5) is 13.9. The van der Waals surface area contributed by atoms with Crippen LogP contribution in [0, 0.1) is 12.8 Å². The van der Waals surface area contributed by atoms with E-state index in [9.17, 15) is 4.79 Å². The molecular weight excluding hydrogens is 306 g/mol. The predicted octanol–water partition coefficient (Wildman–Crippen LogP) is 2.99. The molecule has 128 valence electrons. The second-order valence-corrected chi connectivity index (χ2v) is 6.32. The first-order valence-electron chi connectivity index (χ1n) is 8.31. The molecule has 1 atom stereocenters. The van der Waals surface area contributed by atoms with E-state index in [4.69, 9.17) is 9.15 Å². The van der Waals surface area contributed by atoms with Crippen molar-refractivity contribution in [1.82, 2.24) is 15.1 Å². The summed E-state index contributed by atoms with van der Waals surface area (Å²) < 4.78 is 10.7. The average molecular weight is 329 g/mol. The van der Waals surface area contributed by atoms with Crippen molar-refractivity contribution in [3.63, 3.8) is 0 Å². The number of ether oxygens (including phenoxy) is 1. The number of nitrogens with zero attached hydrogens (tertiary/aromatic N) is 3. The van der Waals surface area contributed by atoms with Crippen molar-refractivity contribution in [1.29, 1.82) is 0 Å². The molecule has 0 N–H and O–H groups in total. The van der Waals surface area contributed by atoms with Gasteiger partial charge in [-0.2, -0.15) is 0 Å². The number of likely N-dealkylation sites (tertiary alicyclic amines) is 1. The van der Waals surface area contributed by atoms with Crippen molar-refractivity contribution in [3.8, 4) is 11.5 Å². The van der Waals surface area contributed by atoms with Crippen LogP contribution in [0.3, 0.4) is 0 Å². The number of carbonyl (C=O) groups excluding carboxylic acids is 1. The third-order valence-corrected chi connectivity index (χ3v) is 4.71. The van der Waals surface area contributed by atoms with Gasteiger partial charge in [-0.05, 0) is 51.9 Å². The molecule has 0 radical (unpaired) electrons. The molecule has 0 bridgehead atoms. The molecule has 0 aliphatic carbocycles. The Hall–Kier alpha value is -2.21. The average Bonchev–Trinajstić information content (AvgIpc) is 3.11. The van der Waals surface area contributed by atoms with Crippen molar-refractivity contribution in [2.75, 3.05) is 20.2 Å². The Morgan fingerprint density at radius 2 is 1.92 bits per heavy atom. The van der Waals surface area contributed by atoms with E-state index >= 15 is 0 Å². The molecule has 0 saturated carbocycles. The van der Waals surface area contributed by atoms with Crippen LogP contribution in [0.4, 0.5) is 0 Å². The minimum Gasteiger partial charge on any atom is -0.469 e. The Labute approximate surface area is 141 Å². The molecule has 24 heavy (non-hydrogen) atoms. The summed E-state index contributed by atoms with van der Waals surface area (Å²) in [6.45, 7) is 5.75. The summed E-state index contributed by atoms with van der Waals surface area (Å²) in [5.74, 6) is 1.05. The van der Waals surface area contributed by atoms with E-state index in [-0.39, 0.29) is 17.9 Å². The molecular formula is C18H23N3O3. The molecule has 1 aromatic heterocycles. The largest absolute Gasteiger partial charge is 0.469 e. The van der Waals surface area contributed by atoms with Crippen LogP contribution in [0.1, 0.15) is 37.3 Å². The zero-order chi connectivity index (χ0) is 17.1. The number of benzene rings is 1. The van der Waals surface area contributed by atoms with E-state index in [2.05, 4.69) is 22.0 Å². The number of esters is 1. The Bertz CT molecular complexity index is 688. The lowest BCUT2D eigenvalue weighted by molar-refractivity contribution is -0.147. The molecule has 1 saturated heterocycles. The highest BCUT2D eigenvalue weighted by Gasteiger charge is 2.30. The van der Waals surface area contributed by atoms with Crippen LogP contribution >= 0.6 is 0 Å². The Morgan fingerprint density at radius 3 is 2.54 bits per heavy atom. The fourth-order valence-corrected chi connectivity index (χ4v) is 3.06. The van der Waals surface area contributed by atoms with Crippen molar-refractivity contribution >= 4 is 5.97 Å². The number of piperidine rings is 1. The zero-order valence-corrected chi connectivity index (χ0v) is 14.4. The van der Waals surface area contributed by atoms with Crippen LogP contribution in [0.25, 0.3) is 11.5 Å². The van der Waals surface area contributed by atoms with Gasteiger partial charge in [0.2, 0.25) is 11.8 Å². The molecule has 0 spiro atoms. The van der Waals surface area contributed by atoms with E-state index in [1.54, 1.807) is 0 Å². The highest BCUT2D eigenvalue weighted by atomic mass is 16.5. The first-order valence-corrected chi connectivity index (χ1v) is 8.31. The van der Waals surface area contributed by atoms with E-state index in [0.717, 1.165) is 31.5 Å². The smallest absolute Gasteiger partial charge is 0.308 e. The molecule has 1 unspecified atom stereocenters. The summed E-state index contributed by atoms with van der Waals surface area (Å²) in [7, 11) is 1.45. The quantitative estimate of drug-likeness (QED) is 0.803. The zero-order valence-electron chi connectivity index (χ0n) is 14.4. The van der Waals surface area contributed by atoms with Crippen LogP contribution in [-0.2, 0) is 9.53 Å². The lowest BCUT2D eigenvalue weighted by atomic mass is 9.96. The minimum absolute atomic E-state index is 0.00394. The van der Waals surface area contributed by atoms with Crippen molar-refractivity contribution in [2.45, 2.75) is 32.7 Å². The number of rotatable bonds is 4. The van der Waals surface area contributed by atoms with Crippen molar-refractivity contribution in [3.05, 3.63) is 35.7 Å². The van der Waals surface area contributed by atoms with E-state index in [0.29, 0.717) is 11.8 Å². The summed E-state index contributed by atoms with van der Waals surface area (Å²) in [6, 6.07) is 8.06. The lowest BCUT2D eigenvalue weighted by Crippen LogP contribution is -2.38. The van der Waals surface area contributed by atoms with E-state index < -0.39 is 0 Å². The van der Waals surface area contributed by atoms with Crippen LogP contribution in [0.5, 0.6) is 0 Å². The van der Waals surface area contributed by atoms with Gasteiger partial charge in [-0.25, -0.2) is 0 Å². The van der Waals surface area contributed by atoms with Crippen LogP contribution in [0.2, 0.25) is 0 Å². The highest BCUT2D eigenvalue weighted by Crippen LogP contribution is 2.28. The van der Waals surface area contributed by atoms with Crippen LogP contribution in [-0.4, -0.2) is 41.3 Å². The summed E-state index contributed by atoms with van der Waals surface area (Å²) >= 11 is 0. The molecule has 6 nitrogen and oxygen atoms in total. The van der Waals surface area contributed by atoms with Gasteiger partial charge in [0.15, 0.2) is 0 Å². The van der Waals surface area contributed by atoms with Gasteiger partial charge in [-0.1, -0.05) is 17.7 Å². The number of carbonyl (C=O) groups is 1. The number of hydrogen-bond donors (Lipinski definition) is 0. The van der Waals surface area contributed by atoms with Gasteiger partial charge < -0.3 is 9.15 Å². The molecule has 1 aliphatic heterocycles. The summed E-state index contributed by atoms with van der Waals surface area (Å²) in [5, 5.41) is 8.38. The van der Waals surface area contributed by atoms with Gasteiger partial charge in [-0.3, -0.25) is 9.69 Å². The SMILES string of the molecule is COC(=O)C1CCN(C(C)c2nnc(-c3ccc(C)cc3)o2)CC1. The fourth-order valence-electron chi connectivity index (χ4n) is 3.06. The molecule has 3 rings (SSSR count). The van der Waals surface area contributed by atoms with Crippen LogP contribution < -0.4 is 0 Å². The maximum absolute atomic E-state index is 11.6. The van der Waals surface area contributed by atoms with Gasteiger partial charge in [0, 0.05) is 5.56 Å². The molecule has 1 fully saturated rings.